The molecule has 0 spiro atoms. The second kappa shape index (κ2) is 6.22. The van der Waals surface area contributed by atoms with E-state index in [1.165, 1.54) is 26.0 Å². The second-order valence-corrected chi connectivity index (χ2v) is 6.86. The molecule has 0 saturated heterocycles. The molecule has 1 aromatic rings. The lowest BCUT2D eigenvalue weighted by atomic mass is 9.89. The number of amides is 2. The average Bonchev–Trinajstić information content (AvgIpc) is 2.35. The van der Waals surface area contributed by atoms with Crippen LogP contribution in [0.25, 0.3) is 0 Å². The van der Waals surface area contributed by atoms with E-state index in [1.807, 2.05) is 0 Å². The van der Waals surface area contributed by atoms with Crippen molar-refractivity contribution in [2.75, 3.05) is 5.32 Å². The monoisotopic (exact) mass is 330 g/mol. The minimum absolute atomic E-state index is 0.0125. The van der Waals surface area contributed by atoms with Gasteiger partial charge in [0.1, 0.15) is 5.41 Å². The van der Waals surface area contributed by atoms with Gasteiger partial charge in [-0.1, -0.05) is 6.07 Å². The molecule has 0 aliphatic rings. The van der Waals surface area contributed by atoms with Crippen LogP contribution in [0, 0.1) is 5.41 Å². The van der Waals surface area contributed by atoms with E-state index in [9.17, 15) is 22.8 Å². The third-order valence-corrected chi connectivity index (χ3v) is 3.07. The third kappa shape index (κ3) is 5.26. The highest BCUT2D eigenvalue weighted by atomic mass is 19.4. The number of alkyl halides is 3. The molecule has 0 radical (unpaired) electrons. The smallest absolute Gasteiger partial charge is 0.351 e. The number of rotatable bonds is 3. The molecule has 7 heteroatoms. The average molecular weight is 330 g/mol. The molecule has 0 bridgehead atoms. The normalized spacial score (nSPS) is 12.7. The van der Waals surface area contributed by atoms with E-state index in [2.05, 4.69) is 10.6 Å². The zero-order valence-corrected chi connectivity index (χ0v) is 13.8. The molecular weight excluding hydrogens is 309 g/mol. The fourth-order valence-corrected chi connectivity index (χ4v) is 1.66. The van der Waals surface area contributed by atoms with Gasteiger partial charge in [0.15, 0.2) is 0 Å². The molecule has 0 fully saturated rings. The molecule has 2 N–H and O–H groups in total. The van der Waals surface area contributed by atoms with Gasteiger partial charge in [-0.2, -0.15) is 13.2 Å². The van der Waals surface area contributed by atoms with Crippen LogP contribution in [0.4, 0.5) is 18.9 Å². The number of hydrogen-bond acceptors (Lipinski definition) is 2. The van der Waals surface area contributed by atoms with E-state index in [4.69, 9.17) is 0 Å². The van der Waals surface area contributed by atoms with Gasteiger partial charge < -0.3 is 10.6 Å². The molecule has 0 aliphatic carbocycles. The van der Waals surface area contributed by atoms with Crippen LogP contribution in [0.1, 0.15) is 40.2 Å². The van der Waals surface area contributed by atoms with Crippen molar-refractivity contribution in [2.24, 2.45) is 5.41 Å². The molecule has 1 rings (SSSR count). The molecule has 4 nitrogen and oxygen atoms in total. The van der Waals surface area contributed by atoms with E-state index in [0.717, 1.165) is 12.1 Å². The summed E-state index contributed by atoms with van der Waals surface area (Å²) in [5, 5.41) is 5.04. The number of nitrogens with one attached hydrogen (secondary N) is 2. The Morgan fingerprint density at radius 3 is 2.00 bits per heavy atom. The lowest BCUT2D eigenvalue weighted by Gasteiger charge is -2.28. The van der Waals surface area contributed by atoms with E-state index >= 15 is 0 Å². The number of carbonyl (C=O) groups is 2. The maximum absolute atomic E-state index is 12.7. The Bertz CT molecular complexity index is 602. The van der Waals surface area contributed by atoms with Crippen LogP contribution < -0.4 is 10.6 Å². The summed E-state index contributed by atoms with van der Waals surface area (Å²) in [6.07, 6.45) is -4.50. The highest BCUT2D eigenvalue weighted by Gasteiger charge is 2.38. The van der Waals surface area contributed by atoms with Crippen LogP contribution in [0.3, 0.4) is 0 Å². The highest BCUT2D eigenvalue weighted by molar-refractivity contribution is 6.10. The maximum atomic E-state index is 12.7. The van der Waals surface area contributed by atoms with Gasteiger partial charge in [-0.3, -0.25) is 9.59 Å². The number of hydrogen-bond donors (Lipinski definition) is 2. The van der Waals surface area contributed by atoms with E-state index in [0.29, 0.717) is 0 Å². The van der Waals surface area contributed by atoms with Crippen molar-refractivity contribution in [3.8, 4) is 0 Å². The van der Waals surface area contributed by atoms with Crippen molar-refractivity contribution in [3.63, 3.8) is 0 Å². The van der Waals surface area contributed by atoms with Gasteiger partial charge in [0, 0.05) is 11.2 Å². The minimum atomic E-state index is -4.50. The highest BCUT2D eigenvalue weighted by Crippen LogP contribution is 2.31. The van der Waals surface area contributed by atoms with E-state index in [1.54, 1.807) is 20.8 Å². The molecule has 0 heterocycles. The Labute approximate surface area is 133 Å². The lowest BCUT2D eigenvalue weighted by Crippen LogP contribution is -2.51. The van der Waals surface area contributed by atoms with E-state index in [-0.39, 0.29) is 5.69 Å². The first-order valence-corrected chi connectivity index (χ1v) is 7.05. The summed E-state index contributed by atoms with van der Waals surface area (Å²) in [7, 11) is 0. The number of benzene rings is 1. The van der Waals surface area contributed by atoms with Gasteiger partial charge in [0.2, 0.25) is 11.8 Å². The zero-order valence-electron chi connectivity index (χ0n) is 13.8. The molecule has 0 unspecified atom stereocenters. The van der Waals surface area contributed by atoms with Gasteiger partial charge in [-0.15, -0.1) is 0 Å². The van der Waals surface area contributed by atoms with Crippen molar-refractivity contribution < 1.29 is 22.8 Å². The Hall–Kier alpha value is -2.05. The van der Waals surface area contributed by atoms with Crippen LogP contribution in [0.15, 0.2) is 24.3 Å². The second-order valence-electron chi connectivity index (χ2n) is 6.86. The summed E-state index contributed by atoms with van der Waals surface area (Å²) in [6, 6.07) is 4.27. The first kappa shape index (κ1) is 19.0. The first-order valence-electron chi connectivity index (χ1n) is 7.05. The Morgan fingerprint density at radius 1 is 0.957 bits per heavy atom. The lowest BCUT2D eigenvalue weighted by molar-refractivity contribution is -0.140. The van der Waals surface area contributed by atoms with Gasteiger partial charge in [0.05, 0.1) is 5.56 Å². The van der Waals surface area contributed by atoms with Gasteiger partial charge in [-0.05, 0) is 52.8 Å². The molecule has 0 atom stereocenters. The van der Waals surface area contributed by atoms with Crippen LogP contribution in [-0.2, 0) is 15.8 Å². The first-order chi connectivity index (χ1) is 10.2. The van der Waals surface area contributed by atoms with Crippen LogP contribution in [-0.4, -0.2) is 17.4 Å². The Morgan fingerprint density at radius 2 is 1.52 bits per heavy atom. The fraction of sp³-hybridized carbons (Fsp3) is 0.500. The van der Waals surface area contributed by atoms with Crippen molar-refractivity contribution in [1.82, 2.24) is 5.32 Å². The molecule has 1 aromatic carbocycles. The molecule has 0 aliphatic heterocycles. The van der Waals surface area contributed by atoms with Crippen molar-refractivity contribution in [3.05, 3.63) is 29.8 Å². The standard InChI is InChI=1S/C16H21F3N2O2/c1-14(2,3)21-13(23)15(4,5)12(22)20-11-8-6-7-10(9-11)16(17,18)19/h6-9H,1-5H3,(H,20,22)(H,21,23). The summed E-state index contributed by atoms with van der Waals surface area (Å²) in [4.78, 5) is 24.5. The maximum Gasteiger partial charge on any atom is 0.416 e. The van der Waals surface area contributed by atoms with Gasteiger partial charge in [-0.25, -0.2) is 0 Å². The Balaban J connectivity index is 2.92. The number of halogens is 3. The number of carbonyl (C=O) groups excluding carboxylic acids is 2. The van der Waals surface area contributed by atoms with E-state index < -0.39 is 34.5 Å². The van der Waals surface area contributed by atoms with Crippen LogP contribution in [0.5, 0.6) is 0 Å². The summed E-state index contributed by atoms with van der Waals surface area (Å²) >= 11 is 0. The molecule has 128 valence electrons. The van der Waals surface area contributed by atoms with Crippen molar-refractivity contribution in [1.29, 1.82) is 0 Å². The molecular formula is C16H21F3N2O2. The molecule has 23 heavy (non-hydrogen) atoms. The summed E-state index contributed by atoms with van der Waals surface area (Å²) in [5.74, 6) is -1.19. The fourth-order valence-electron chi connectivity index (χ4n) is 1.66. The van der Waals surface area contributed by atoms with Crippen molar-refractivity contribution in [2.45, 2.75) is 46.3 Å². The largest absolute Gasteiger partial charge is 0.416 e. The van der Waals surface area contributed by atoms with Crippen LogP contribution >= 0.6 is 0 Å². The molecule has 2 amide bonds. The summed E-state index contributed by atoms with van der Waals surface area (Å²) < 4.78 is 38.0. The Kier molecular flexibility index (Phi) is 5.13. The van der Waals surface area contributed by atoms with Crippen LogP contribution in [0.2, 0.25) is 0 Å². The van der Waals surface area contributed by atoms with Crippen molar-refractivity contribution >= 4 is 17.5 Å². The molecule has 0 aromatic heterocycles. The SMILES string of the molecule is CC(C)(C)NC(=O)C(C)(C)C(=O)Nc1cccc(C(F)(F)F)c1. The predicted octanol–water partition coefficient (Wildman–Crippen LogP) is 3.58. The van der Waals surface area contributed by atoms with Gasteiger partial charge in [0.25, 0.3) is 0 Å². The third-order valence-electron chi connectivity index (χ3n) is 3.07. The molecule has 0 saturated carbocycles. The quantitative estimate of drug-likeness (QED) is 0.832. The number of anilines is 1. The predicted molar refractivity (Wildman–Crippen MR) is 81.8 cm³/mol. The minimum Gasteiger partial charge on any atom is -0.351 e. The zero-order chi connectivity index (χ0) is 18.1. The summed E-state index contributed by atoms with van der Waals surface area (Å²) in [6.45, 7) is 8.14. The topological polar surface area (TPSA) is 58.2 Å². The summed E-state index contributed by atoms with van der Waals surface area (Å²) in [5.41, 5.74) is -2.83. The van der Waals surface area contributed by atoms with Gasteiger partial charge >= 0.3 is 6.18 Å².